The van der Waals surface area contributed by atoms with Gasteiger partial charge in [0.1, 0.15) is 0 Å². The number of nitrogens with zero attached hydrogens (tertiary/aromatic N) is 2. The van der Waals surface area contributed by atoms with E-state index in [2.05, 4.69) is 6.92 Å². The Morgan fingerprint density at radius 1 is 1.37 bits per heavy atom. The van der Waals surface area contributed by atoms with Crippen molar-refractivity contribution in [1.29, 1.82) is 0 Å². The van der Waals surface area contributed by atoms with Crippen LogP contribution in [-0.2, 0) is 4.79 Å². The molecule has 1 rings (SSSR count). The summed E-state index contributed by atoms with van der Waals surface area (Å²) in [4.78, 5) is 27.2. The number of aliphatic carboxylic acids is 1. The van der Waals surface area contributed by atoms with Crippen LogP contribution in [0.5, 0.6) is 0 Å². The Hall–Kier alpha value is -1.26. The number of unbranched alkanes of at least 4 members (excludes halogenated alkanes) is 1. The molecule has 0 aromatic heterocycles. The van der Waals surface area contributed by atoms with Crippen LogP contribution >= 0.6 is 0 Å². The molecule has 1 aliphatic rings. The van der Waals surface area contributed by atoms with E-state index in [-0.39, 0.29) is 6.03 Å². The Labute approximate surface area is 115 Å². The molecular formula is C14H26N2O3. The summed E-state index contributed by atoms with van der Waals surface area (Å²) in [5.41, 5.74) is -0.794. The number of carboxylic acid groups (broad SMARTS) is 1. The molecule has 1 aliphatic heterocycles. The topological polar surface area (TPSA) is 60.9 Å². The molecular weight excluding hydrogens is 244 g/mol. The van der Waals surface area contributed by atoms with Crippen LogP contribution in [0.25, 0.3) is 0 Å². The molecule has 0 radical (unpaired) electrons. The zero-order chi connectivity index (χ0) is 14.5. The van der Waals surface area contributed by atoms with Gasteiger partial charge < -0.3 is 14.9 Å². The van der Waals surface area contributed by atoms with Gasteiger partial charge in [-0.2, -0.15) is 0 Å². The highest BCUT2D eigenvalue weighted by molar-refractivity contribution is 5.78. The quantitative estimate of drug-likeness (QED) is 0.834. The lowest BCUT2D eigenvalue weighted by atomic mass is 9.82. The van der Waals surface area contributed by atoms with Crippen molar-refractivity contribution >= 4 is 12.0 Å². The number of urea groups is 1. The van der Waals surface area contributed by atoms with Gasteiger partial charge in [-0.25, -0.2) is 4.79 Å². The van der Waals surface area contributed by atoms with Gasteiger partial charge in [0.2, 0.25) is 0 Å². The third kappa shape index (κ3) is 3.85. The lowest BCUT2D eigenvalue weighted by molar-refractivity contribution is -0.150. The number of piperidine rings is 1. The summed E-state index contributed by atoms with van der Waals surface area (Å²) in [6.45, 7) is 8.23. The standard InChI is InChI=1S/C14H26N2O3/c1-4-6-9-15(5-2)13(19)16-10-7-8-14(3,11-16)12(17)18/h4-11H2,1-3H3,(H,17,18). The smallest absolute Gasteiger partial charge is 0.320 e. The van der Waals surface area contributed by atoms with Crippen molar-refractivity contribution in [3.8, 4) is 0 Å². The van der Waals surface area contributed by atoms with Crippen molar-refractivity contribution in [3.05, 3.63) is 0 Å². The van der Waals surface area contributed by atoms with Gasteiger partial charge in [0.25, 0.3) is 0 Å². The summed E-state index contributed by atoms with van der Waals surface area (Å²) in [5.74, 6) is -0.804. The van der Waals surface area contributed by atoms with Crippen LogP contribution in [0.3, 0.4) is 0 Å². The Morgan fingerprint density at radius 3 is 2.58 bits per heavy atom. The van der Waals surface area contributed by atoms with E-state index in [4.69, 9.17) is 0 Å². The van der Waals surface area contributed by atoms with Crippen molar-refractivity contribution in [2.75, 3.05) is 26.2 Å². The number of rotatable bonds is 5. The van der Waals surface area contributed by atoms with Crippen LogP contribution in [0.2, 0.25) is 0 Å². The van der Waals surface area contributed by atoms with Gasteiger partial charge in [-0.3, -0.25) is 4.79 Å². The van der Waals surface area contributed by atoms with Crippen molar-refractivity contribution in [1.82, 2.24) is 9.80 Å². The number of carbonyl (C=O) groups excluding carboxylic acids is 1. The Kier molecular flexibility index (Phi) is 5.63. The van der Waals surface area contributed by atoms with Gasteiger partial charge in [-0.05, 0) is 33.1 Å². The monoisotopic (exact) mass is 270 g/mol. The highest BCUT2D eigenvalue weighted by atomic mass is 16.4. The van der Waals surface area contributed by atoms with E-state index in [0.717, 1.165) is 25.8 Å². The number of carbonyl (C=O) groups is 2. The van der Waals surface area contributed by atoms with Crippen LogP contribution in [0, 0.1) is 5.41 Å². The zero-order valence-electron chi connectivity index (χ0n) is 12.3. The summed E-state index contributed by atoms with van der Waals surface area (Å²) in [7, 11) is 0. The Balaban J connectivity index is 2.67. The predicted octanol–water partition coefficient (Wildman–Crippen LogP) is 2.42. The van der Waals surface area contributed by atoms with Gasteiger partial charge in [0, 0.05) is 26.2 Å². The van der Waals surface area contributed by atoms with E-state index < -0.39 is 11.4 Å². The molecule has 5 heteroatoms. The van der Waals surface area contributed by atoms with Gasteiger partial charge in [-0.15, -0.1) is 0 Å². The number of hydrogen-bond donors (Lipinski definition) is 1. The minimum Gasteiger partial charge on any atom is -0.481 e. The summed E-state index contributed by atoms with van der Waals surface area (Å²) >= 11 is 0. The fourth-order valence-electron chi connectivity index (χ4n) is 2.52. The second-order valence-corrected chi connectivity index (χ2v) is 5.61. The highest BCUT2D eigenvalue weighted by Crippen LogP contribution is 2.30. The number of likely N-dealkylation sites (tertiary alicyclic amines) is 1. The first kappa shape index (κ1) is 15.8. The van der Waals surface area contributed by atoms with Gasteiger partial charge in [-0.1, -0.05) is 13.3 Å². The number of hydrogen-bond acceptors (Lipinski definition) is 2. The summed E-state index contributed by atoms with van der Waals surface area (Å²) in [6.07, 6.45) is 3.45. The molecule has 0 aromatic rings. The first-order valence-corrected chi connectivity index (χ1v) is 7.22. The van der Waals surface area contributed by atoms with E-state index in [1.807, 2.05) is 11.8 Å². The van der Waals surface area contributed by atoms with Crippen LogP contribution < -0.4 is 0 Å². The molecule has 1 heterocycles. The summed E-state index contributed by atoms with van der Waals surface area (Å²) in [6, 6.07) is -0.0110. The normalized spacial score (nSPS) is 23.2. The van der Waals surface area contributed by atoms with Crippen molar-refractivity contribution < 1.29 is 14.7 Å². The Bertz CT molecular complexity index is 333. The zero-order valence-corrected chi connectivity index (χ0v) is 12.3. The van der Waals surface area contributed by atoms with Crippen molar-refractivity contribution in [2.45, 2.75) is 46.5 Å². The molecule has 1 saturated heterocycles. The van der Waals surface area contributed by atoms with Crippen molar-refractivity contribution in [2.24, 2.45) is 5.41 Å². The average Bonchev–Trinajstić information content (AvgIpc) is 2.39. The SMILES string of the molecule is CCCCN(CC)C(=O)N1CCCC(C)(C(=O)O)C1. The van der Waals surface area contributed by atoms with E-state index >= 15 is 0 Å². The Morgan fingerprint density at radius 2 is 2.05 bits per heavy atom. The maximum Gasteiger partial charge on any atom is 0.320 e. The molecule has 1 fully saturated rings. The van der Waals surface area contributed by atoms with Gasteiger partial charge in [0.05, 0.1) is 5.41 Å². The average molecular weight is 270 g/mol. The molecule has 0 saturated carbocycles. The second-order valence-electron chi connectivity index (χ2n) is 5.61. The first-order chi connectivity index (χ1) is 8.94. The van der Waals surface area contributed by atoms with E-state index in [0.29, 0.717) is 26.1 Å². The molecule has 0 aliphatic carbocycles. The largest absolute Gasteiger partial charge is 0.481 e. The van der Waals surface area contributed by atoms with Crippen molar-refractivity contribution in [3.63, 3.8) is 0 Å². The lowest BCUT2D eigenvalue weighted by Crippen LogP contribution is -2.52. The predicted molar refractivity (Wildman–Crippen MR) is 74.1 cm³/mol. The van der Waals surface area contributed by atoms with Gasteiger partial charge >= 0.3 is 12.0 Å². The van der Waals surface area contributed by atoms with E-state index in [9.17, 15) is 14.7 Å². The molecule has 110 valence electrons. The fourth-order valence-corrected chi connectivity index (χ4v) is 2.52. The lowest BCUT2D eigenvalue weighted by Gasteiger charge is -2.39. The molecule has 0 bridgehead atoms. The molecule has 1 unspecified atom stereocenters. The minimum absolute atomic E-state index is 0.0110. The molecule has 19 heavy (non-hydrogen) atoms. The summed E-state index contributed by atoms with van der Waals surface area (Å²) < 4.78 is 0. The van der Waals surface area contributed by atoms with Crippen LogP contribution in [0.4, 0.5) is 4.79 Å². The molecule has 5 nitrogen and oxygen atoms in total. The molecule has 2 amide bonds. The molecule has 1 N–H and O–H groups in total. The fraction of sp³-hybridized carbons (Fsp3) is 0.857. The third-order valence-electron chi connectivity index (χ3n) is 3.92. The summed E-state index contributed by atoms with van der Waals surface area (Å²) in [5, 5.41) is 9.28. The number of carboxylic acids is 1. The maximum absolute atomic E-state index is 12.4. The molecule has 0 spiro atoms. The second kappa shape index (κ2) is 6.78. The van der Waals surface area contributed by atoms with E-state index in [1.165, 1.54) is 0 Å². The molecule has 0 aromatic carbocycles. The van der Waals surface area contributed by atoms with Gasteiger partial charge in [0.15, 0.2) is 0 Å². The van der Waals surface area contributed by atoms with E-state index in [1.54, 1.807) is 11.8 Å². The van der Waals surface area contributed by atoms with Crippen LogP contribution in [0.15, 0.2) is 0 Å². The third-order valence-corrected chi connectivity index (χ3v) is 3.92. The first-order valence-electron chi connectivity index (χ1n) is 7.22. The van der Waals surface area contributed by atoms with Crippen LogP contribution in [0.1, 0.15) is 46.5 Å². The number of amides is 2. The maximum atomic E-state index is 12.4. The van der Waals surface area contributed by atoms with Crippen LogP contribution in [-0.4, -0.2) is 53.1 Å². The molecule has 1 atom stereocenters. The highest BCUT2D eigenvalue weighted by Gasteiger charge is 2.40. The minimum atomic E-state index is -0.804.